The molecule has 0 aromatic heterocycles. The third-order valence-corrected chi connectivity index (χ3v) is 4.08. The summed E-state index contributed by atoms with van der Waals surface area (Å²) in [6, 6.07) is 5.06. The molecule has 130 valence electrons. The fourth-order valence-corrected chi connectivity index (χ4v) is 2.78. The lowest BCUT2D eigenvalue weighted by Crippen LogP contribution is -2.42. The zero-order valence-electron chi connectivity index (χ0n) is 13.4. The summed E-state index contributed by atoms with van der Waals surface area (Å²) < 4.78 is 5.43. The molecular formula is C16H22N4O4. The minimum atomic E-state index is -0.708. The molecule has 1 atom stereocenters. The number of hydrogen-bond acceptors (Lipinski definition) is 5. The smallest absolute Gasteiger partial charge is 0.315 e. The molecule has 8 nitrogen and oxygen atoms in total. The Morgan fingerprint density at radius 2 is 2.08 bits per heavy atom. The van der Waals surface area contributed by atoms with Crippen LogP contribution in [0.25, 0.3) is 0 Å². The molecule has 0 radical (unpaired) electrons. The number of urea groups is 1. The Bertz CT molecular complexity index is 616. The van der Waals surface area contributed by atoms with Gasteiger partial charge in [-0.1, -0.05) is 6.07 Å². The summed E-state index contributed by atoms with van der Waals surface area (Å²) in [6.45, 7) is 2.08. The topological polar surface area (TPSA) is 103 Å². The van der Waals surface area contributed by atoms with Gasteiger partial charge in [0.05, 0.1) is 12.2 Å². The molecule has 2 aliphatic rings. The number of benzene rings is 1. The lowest BCUT2D eigenvalue weighted by molar-refractivity contribution is -0.128. The molecular weight excluding hydrogens is 312 g/mol. The highest BCUT2D eigenvalue weighted by Gasteiger charge is 2.18. The van der Waals surface area contributed by atoms with E-state index in [2.05, 4.69) is 16.0 Å². The van der Waals surface area contributed by atoms with Gasteiger partial charge in [-0.25, -0.2) is 4.79 Å². The molecule has 0 aliphatic carbocycles. The van der Waals surface area contributed by atoms with Gasteiger partial charge in [0.25, 0.3) is 0 Å². The van der Waals surface area contributed by atoms with Crippen molar-refractivity contribution >= 4 is 17.6 Å². The number of aliphatic hydroxyl groups is 1. The number of rotatable bonds is 4. The zero-order chi connectivity index (χ0) is 16.9. The van der Waals surface area contributed by atoms with Crippen LogP contribution >= 0.6 is 0 Å². The van der Waals surface area contributed by atoms with Gasteiger partial charge in [0.1, 0.15) is 12.4 Å². The van der Waals surface area contributed by atoms with Crippen molar-refractivity contribution in [2.75, 3.05) is 31.6 Å². The number of carbonyl (C=O) groups excluding carboxylic acids is 2. The molecule has 0 saturated carbocycles. The molecule has 0 spiro atoms. The van der Waals surface area contributed by atoms with E-state index in [4.69, 9.17) is 4.74 Å². The first-order valence-electron chi connectivity index (χ1n) is 8.11. The number of ether oxygens (including phenoxy) is 1. The van der Waals surface area contributed by atoms with Crippen molar-refractivity contribution in [1.29, 1.82) is 0 Å². The summed E-state index contributed by atoms with van der Waals surface area (Å²) in [7, 11) is 0. The van der Waals surface area contributed by atoms with Crippen LogP contribution in [0.2, 0.25) is 0 Å². The number of hydrogen-bond donors (Lipinski definition) is 4. The average molecular weight is 334 g/mol. The Labute approximate surface area is 140 Å². The fraction of sp³-hybridized carbons (Fsp3) is 0.500. The molecule has 2 aliphatic heterocycles. The van der Waals surface area contributed by atoms with Crippen LogP contribution in [0, 0.1) is 0 Å². The molecule has 0 bridgehead atoms. The van der Waals surface area contributed by atoms with Gasteiger partial charge in [-0.3, -0.25) is 4.79 Å². The van der Waals surface area contributed by atoms with Crippen molar-refractivity contribution in [2.45, 2.75) is 25.6 Å². The molecule has 24 heavy (non-hydrogen) atoms. The lowest BCUT2D eigenvalue weighted by Gasteiger charge is -2.24. The van der Waals surface area contributed by atoms with E-state index in [0.29, 0.717) is 12.3 Å². The van der Waals surface area contributed by atoms with Gasteiger partial charge in [-0.2, -0.15) is 0 Å². The molecule has 8 heteroatoms. The number of nitrogens with zero attached hydrogens (tertiary/aromatic N) is 1. The molecule has 4 N–H and O–H groups in total. The Morgan fingerprint density at radius 1 is 1.29 bits per heavy atom. The van der Waals surface area contributed by atoms with Crippen molar-refractivity contribution < 1.29 is 19.4 Å². The molecule has 3 amide bonds. The second kappa shape index (κ2) is 7.39. The Hall–Kier alpha value is -2.48. The van der Waals surface area contributed by atoms with Crippen LogP contribution in [0.15, 0.2) is 18.2 Å². The summed E-state index contributed by atoms with van der Waals surface area (Å²) in [6.07, 6.45) is 1.36. The molecule has 2 heterocycles. The Morgan fingerprint density at radius 3 is 2.88 bits per heavy atom. The van der Waals surface area contributed by atoms with E-state index in [1.807, 2.05) is 12.1 Å². The monoisotopic (exact) mass is 334 g/mol. The molecule has 3 rings (SSSR count). The van der Waals surface area contributed by atoms with Crippen LogP contribution in [0.5, 0.6) is 5.75 Å². The quantitative estimate of drug-likeness (QED) is 0.631. The fourth-order valence-electron chi connectivity index (χ4n) is 2.78. The van der Waals surface area contributed by atoms with E-state index in [0.717, 1.165) is 37.2 Å². The number of carbonyl (C=O) groups is 2. The largest absolute Gasteiger partial charge is 0.487 e. The normalized spacial score (nSPS) is 19.0. The predicted octanol–water partition coefficient (Wildman–Crippen LogP) is 0.231. The van der Waals surface area contributed by atoms with Gasteiger partial charge in [0.15, 0.2) is 6.23 Å². The number of nitrogens with one attached hydrogen (secondary N) is 3. The molecule has 1 saturated heterocycles. The number of anilines is 1. The van der Waals surface area contributed by atoms with Crippen molar-refractivity contribution in [1.82, 2.24) is 15.5 Å². The molecule has 1 fully saturated rings. The summed E-state index contributed by atoms with van der Waals surface area (Å²) in [5.41, 5.74) is 1.59. The van der Waals surface area contributed by atoms with E-state index in [-0.39, 0.29) is 25.1 Å². The third kappa shape index (κ3) is 4.08. The third-order valence-electron chi connectivity index (χ3n) is 4.08. The van der Waals surface area contributed by atoms with Crippen molar-refractivity contribution in [2.24, 2.45) is 0 Å². The minimum Gasteiger partial charge on any atom is -0.487 e. The van der Waals surface area contributed by atoms with E-state index in [9.17, 15) is 14.7 Å². The summed E-state index contributed by atoms with van der Waals surface area (Å²) in [5, 5.41) is 17.6. The Kier molecular flexibility index (Phi) is 5.05. The van der Waals surface area contributed by atoms with Gasteiger partial charge >= 0.3 is 6.03 Å². The van der Waals surface area contributed by atoms with Gasteiger partial charge in [0.2, 0.25) is 5.91 Å². The standard InChI is InChI=1S/C16H22N4O4/c21-14-10-24-13-7-11(3-4-12(13)19-14)8-17-16(23)18-9-15(22)20-5-1-2-6-20/h3-4,7,14,19,21H,1-2,5-6,8-10H2,(H2,17,18,23)/t14-/m1/s1. The van der Waals surface area contributed by atoms with E-state index in [1.165, 1.54) is 0 Å². The number of likely N-dealkylation sites (tertiary alicyclic amines) is 1. The number of amides is 3. The van der Waals surface area contributed by atoms with Crippen LogP contribution in [-0.2, 0) is 11.3 Å². The number of aliphatic hydroxyl groups excluding tert-OH is 1. The average Bonchev–Trinajstić information content (AvgIpc) is 3.12. The maximum Gasteiger partial charge on any atom is 0.315 e. The van der Waals surface area contributed by atoms with Crippen molar-refractivity contribution in [3.63, 3.8) is 0 Å². The Balaban J connectivity index is 1.43. The van der Waals surface area contributed by atoms with Crippen LogP contribution < -0.4 is 20.7 Å². The van der Waals surface area contributed by atoms with Crippen molar-refractivity contribution in [3.05, 3.63) is 23.8 Å². The minimum absolute atomic E-state index is 0.0148. The molecule has 1 aromatic rings. The zero-order valence-corrected chi connectivity index (χ0v) is 13.4. The van der Waals surface area contributed by atoms with Gasteiger partial charge in [0, 0.05) is 19.6 Å². The molecule has 1 aromatic carbocycles. The number of fused-ring (bicyclic) bond motifs is 1. The van der Waals surface area contributed by atoms with E-state index < -0.39 is 6.23 Å². The van der Waals surface area contributed by atoms with Gasteiger partial charge in [-0.05, 0) is 30.5 Å². The van der Waals surface area contributed by atoms with E-state index >= 15 is 0 Å². The first-order valence-corrected chi connectivity index (χ1v) is 8.11. The highest BCUT2D eigenvalue weighted by Crippen LogP contribution is 2.29. The highest BCUT2D eigenvalue weighted by molar-refractivity contribution is 5.84. The highest BCUT2D eigenvalue weighted by atomic mass is 16.5. The van der Waals surface area contributed by atoms with Gasteiger partial charge < -0.3 is 30.7 Å². The second-order valence-corrected chi connectivity index (χ2v) is 5.93. The maximum atomic E-state index is 11.9. The maximum absolute atomic E-state index is 11.9. The van der Waals surface area contributed by atoms with Crippen LogP contribution in [0.4, 0.5) is 10.5 Å². The van der Waals surface area contributed by atoms with Crippen molar-refractivity contribution in [3.8, 4) is 5.75 Å². The SMILES string of the molecule is O=C(NCC(=O)N1CCCC1)NCc1ccc2c(c1)OC[C@@H](O)N2. The first kappa shape index (κ1) is 16.4. The van der Waals surface area contributed by atoms with Crippen LogP contribution in [-0.4, -0.2) is 54.4 Å². The summed E-state index contributed by atoms with van der Waals surface area (Å²) >= 11 is 0. The summed E-state index contributed by atoms with van der Waals surface area (Å²) in [4.78, 5) is 25.4. The summed E-state index contributed by atoms with van der Waals surface area (Å²) in [5.74, 6) is 0.596. The van der Waals surface area contributed by atoms with E-state index in [1.54, 1.807) is 11.0 Å². The second-order valence-electron chi connectivity index (χ2n) is 5.93. The van der Waals surface area contributed by atoms with Crippen LogP contribution in [0.3, 0.4) is 0 Å². The predicted molar refractivity (Wildman–Crippen MR) is 87.6 cm³/mol. The first-order chi connectivity index (χ1) is 11.6. The molecule has 0 unspecified atom stereocenters. The van der Waals surface area contributed by atoms with Crippen LogP contribution in [0.1, 0.15) is 18.4 Å². The van der Waals surface area contributed by atoms with Gasteiger partial charge in [-0.15, -0.1) is 0 Å². The lowest BCUT2D eigenvalue weighted by atomic mass is 10.1.